The van der Waals surface area contributed by atoms with E-state index in [1.165, 1.54) is 19.3 Å². The highest BCUT2D eigenvalue weighted by molar-refractivity contribution is 5.82. The van der Waals surface area contributed by atoms with Crippen LogP contribution in [0.1, 0.15) is 58.3 Å². The number of hydrogen-bond donors (Lipinski definition) is 2. The molecule has 0 radical (unpaired) electrons. The van der Waals surface area contributed by atoms with Crippen molar-refractivity contribution < 1.29 is 14.3 Å². The van der Waals surface area contributed by atoms with E-state index in [0.717, 1.165) is 13.1 Å². The molecule has 0 aliphatic carbocycles. The Morgan fingerprint density at radius 3 is 2.57 bits per heavy atom. The average molecular weight is 322 g/mol. The number of hydrogen-bond acceptors (Lipinski definition) is 4. The van der Waals surface area contributed by atoms with Gasteiger partial charge in [-0.1, -0.05) is 20.3 Å². The molecule has 0 aromatic carbocycles. The Morgan fingerprint density at radius 1 is 1.30 bits per heavy atom. The van der Waals surface area contributed by atoms with Gasteiger partial charge in [0.2, 0.25) is 5.91 Å². The van der Waals surface area contributed by atoms with Crippen molar-refractivity contribution in [2.75, 3.05) is 13.1 Å². The van der Waals surface area contributed by atoms with Gasteiger partial charge in [-0.25, -0.2) is 0 Å². The molecule has 0 saturated carbocycles. The molecular weight excluding hydrogens is 292 g/mol. The summed E-state index contributed by atoms with van der Waals surface area (Å²) in [6.45, 7) is 8.12. The second kappa shape index (κ2) is 8.50. The van der Waals surface area contributed by atoms with Gasteiger partial charge in [-0.15, -0.1) is 0 Å². The Bertz CT molecular complexity index is 467. The number of aliphatic hydroxyl groups excluding tert-OH is 1. The summed E-state index contributed by atoms with van der Waals surface area (Å²) in [5, 5.41) is 13.2. The third-order valence-corrected chi connectivity index (χ3v) is 4.52. The summed E-state index contributed by atoms with van der Waals surface area (Å²) in [5.74, 6) is 0.888. The predicted molar refractivity (Wildman–Crippen MR) is 89.9 cm³/mol. The van der Waals surface area contributed by atoms with Crippen LogP contribution in [-0.2, 0) is 4.79 Å². The fourth-order valence-electron chi connectivity index (χ4n) is 3.41. The minimum absolute atomic E-state index is 0.0704. The maximum Gasteiger partial charge on any atom is 0.237 e. The molecule has 130 valence electrons. The van der Waals surface area contributed by atoms with E-state index in [-0.39, 0.29) is 23.9 Å². The summed E-state index contributed by atoms with van der Waals surface area (Å²) in [7, 11) is 0. The second-order valence-corrected chi connectivity index (χ2v) is 6.96. The molecule has 1 aromatic heterocycles. The Hall–Kier alpha value is -1.33. The monoisotopic (exact) mass is 322 g/mol. The molecule has 0 bridgehead atoms. The Labute approximate surface area is 139 Å². The molecule has 3 unspecified atom stereocenters. The van der Waals surface area contributed by atoms with Crippen LogP contribution in [-0.4, -0.2) is 41.1 Å². The highest BCUT2D eigenvalue weighted by Gasteiger charge is 2.30. The van der Waals surface area contributed by atoms with E-state index in [2.05, 4.69) is 24.1 Å². The third kappa shape index (κ3) is 5.08. The minimum Gasteiger partial charge on any atom is -0.467 e. The van der Waals surface area contributed by atoms with Crippen LogP contribution in [0.5, 0.6) is 0 Å². The fraction of sp³-hybridized carbons (Fsp3) is 0.722. The van der Waals surface area contributed by atoms with E-state index in [1.54, 1.807) is 18.4 Å². The highest BCUT2D eigenvalue weighted by atomic mass is 16.4. The maximum atomic E-state index is 12.7. The topological polar surface area (TPSA) is 65.7 Å². The number of carbonyl (C=O) groups excluding carboxylic acids is 1. The standard InChI is InChI=1S/C18H30N2O3/c1-13(2)17(20-9-5-4-6-10-20)18(22)19-14(3)12-15(21)16-8-7-11-23-16/h7-8,11,13-15,17,21H,4-6,9-10,12H2,1-3H3,(H,19,22). The summed E-state index contributed by atoms with van der Waals surface area (Å²) in [5.41, 5.74) is 0. The smallest absolute Gasteiger partial charge is 0.237 e. The normalized spacial score (nSPS) is 20.2. The molecule has 1 aliphatic rings. The lowest BCUT2D eigenvalue weighted by Gasteiger charge is -2.36. The number of aliphatic hydroxyl groups is 1. The zero-order valence-electron chi connectivity index (χ0n) is 14.5. The van der Waals surface area contributed by atoms with Crippen molar-refractivity contribution in [2.45, 2.75) is 64.6 Å². The summed E-state index contributed by atoms with van der Waals surface area (Å²) < 4.78 is 5.21. The van der Waals surface area contributed by atoms with Crippen molar-refractivity contribution in [3.8, 4) is 0 Å². The van der Waals surface area contributed by atoms with Crippen molar-refractivity contribution in [1.82, 2.24) is 10.2 Å². The van der Waals surface area contributed by atoms with Crippen molar-refractivity contribution in [3.05, 3.63) is 24.2 Å². The van der Waals surface area contributed by atoms with Crippen LogP contribution >= 0.6 is 0 Å². The van der Waals surface area contributed by atoms with E-state index in [9.17, 15) is 9.90 Å². The molecule has 0 spiro atoms. The third-order valence-electron chi connectivity index (χ3n) is 4.52. The van der Waals surface area contributed by atoms with Gasteiger partial charge in [0.25, 0.3) is 0 Å². The first-order valence-corrected chi connectivity index (χ1v) is 8.75. The molecule has 1 amide bonds. The first kappa shape index (κ1) is 18.0. The number of furan rings is 1. The van der Waals surface area contributed by atoms with Gasteiger partial charge in [-0.05, 0) is 50.9 Å². The summed E-state index contributed by atoms with van der Waals surface area (Å²) in [6.07, 6.45) is 4.91. The molecule has 1 fully saturated rings. The zero-order chi connectivity index (χ0) is 16.8. The van der Waals surface area contributed by atoms with Gasteiger partial charge in [-0.2, -0.15) is 0 Å². The van der Waals surface area contributed by atoms with Gasteiger partial charge in [0.15, 0.2) is 0 Å². The predicted octanol–water partition coefficient (Wildman–Crippen LogP) is 2.72. The number of nitrogens with zero attached hydrogens (tertiary/aromatic N) is 1. The number of rotatable bonds is 7. The van der Waals surface area contributed by atoms with Crippen molar-refractivity contribution in [2.24, 2.45) is 5.92 Å². The van der Waals surface area contributed by atoms with E-state index in [1.807, 2.05) is 6.92 Å². The van der Waals surface area contributed by atoms with E-state index < -0.39 is 6.10 Å². The van der Waals surface area contributed by atoms with Gasteiger partial charge < -0.3 is 14.8 Å². The van der Waals surface area contributed by atoms with Crippen molar-refractivity contribution in [3.63, 3.8) is 0 Å². The molecular formula is C18H30N2O3. The lowest BCUT2D eigenvalue weighted by molar-refractivity contribution is -0.129. The second-order valence-electron chi connectivity index (χ2n) is 6.96. The SMILES string of the molecule is CC(CC(O)c1ccco1)NC(=O)C(C(C)C)N1CCCCC1. The molecule has 5 nitrogen and oxygen atoms in total. The van der Waals surface area contributed by atoms with Crippen LogP contribution in [0, 0.1) is 5.92 Å². The molecule has 1 aromatic rings. The van der Waals surface area contributed by atoms with Crippen LogP contribution < -0.4 is 5.32 Å². The lowest BCUT2D eigenvalue weighted by Crippen LogP contribution is -2.53. The Balaban J connectivity index is 1.89. The molecule has 1 saturated heterocycles. The Kier molecular flexibility index (Phi) is 6.66. The average Bonchev–Trinajstić information content (AvgIpc) is 3.02. The summed E-state index contributed by atoms with van der Waals surface area (Å²) >= 11 is 0. The number of amides is 1. The molecule has 23 heavy (non-hydrogen) atoms. The van der Waals surface area contributed by atoms with Gasteiger partial charge in [0, 0.05) is 12.5 Å². The molecule has 5 heteroatoms. The van der Waals surface area contributed by atoms with Crippen LogP contribution in [0.4, 0.5) is 0 Å². The first-order valence-electron chi connectivity index (χ1n) is 8.75. The number of piperidine rings is 1. The maximum absolute atomic E-state index is 12.7. The highest BCUT2D eigenvalue weighted by Crippen LogP contribution is 2.20. The molecule has 3 atom stereocenters. The molecule has 2 rings (SSSR count). The lowest BCUT2D eigenvalue weighted by atomic mass is 9.98. The van der Waals surface area contributed by atoms with Crippen molar-refractivity contribution in [1.29, 1.82) is 0 Å². The van der Waals surface area contributed by atoms with Gasteiger partial charge in [0.05, 0.1) is 12.3 Å². The van der Waals surface area contributed by atoms with Crippen LogP contribution in [0.15, 0.2) is 22.8 Å². The number of carbonyl (C=O) groups is 1. The molecule has 2 N–H and O–H groups in total. The van der Waals surface area contributed by atoms with Crippen molar-refractivity contribution >= 4 is 5.91 Å². The van der Waals surface area contributed by atoms with Crippen LogP contribution in [0.2, 0.25) is 0 Å². The molecule has 1 aliphatic heterocycles. The number of likely N-dealkylation sites (tertiary alicyclic amines) is 1. The van der Waals surface area contributed by atoms with Gasteiger partial charge in [-0.3, -0.25) is 9.69 Å². The van der Waals surface area contributed by atoms with Gasteiger partial charge in [0.1, 0.15) is 11.9 Å². The largest absolute Gasteiger partial charge is 0.467 e. The minimum atomic E-state index is -0.687. The first-order chi connectivity index (χ1) is 11.0. The Morgan fingerprint density at radius 2 is 2.00 bits per heavy atom. The molecule has 2 heterocycles. The van der Waals surface area contributed by atoms with E-state index >= 15 is 0 Å². The number of nitrogens with one attached hydrogen (secondary N) is 1. The van der Waals surface area contributed by atoms with E-state index in [0.29, 0.717) is 12.2 Å². The van der Waals surface area contributed by atoms with E-state index in [4.69, 9.17) is 4.42 Å². The quantitative estimate of drug-likeness (QED) is 0.810. The fourth-order valence-corrected chi connectivity index (χ4v) is 3.41. The van der Waals surface area contributed by atoms with Crippen LogP contribution in [0.3, 0.4) is 0 Å². The summed E-state index contributed by atoms with van der Waals surface area (Å²) in [6, 6.07) is 3.32. The zero-order valence-corrected chi connectivity index (χ0v) is 14.5. The van der Waals surface area contributed by atoms with Gasteiger partial charge >= 0.3 is 0 Å². The van der Waals surface area contributed by atoms with Crippen LogP contribution in [0.25, 0.3) is 0 Å². The summed E-state index contributed by atoms with van der Waals surface area (Å²) in [4.78, 5) is 15.0.